The van der Waals surface area contributed by atoms with E-state index in [2.05, 4.69) is 5.32 Å². The second-order valence-corrected chi connectivity index (χ2v) is 8.94. The van der Waals surface area contributed by atoms with Gasteiger partial charge >= 0.3 is 5.97 Å². The number of nitrogens with one attached hydrogen (secondary N) is 1. The van der Waals surface area contributed by atoms with Crippen LogP contribution in [0.25, 0.3) is 0 Å². The molecule has 0 aliphatic carbocycles. The summed E-state index contributed by atoms with van der Waals surface area (Å²) < 4.78 is 37.0. The van der Waals surface area contributed by atoms with Crippen LogP contribution in [0.4, 0.5) is 5.69 Å². The number of benzene rings is 2. The summed E-state index contributed by atoms with van der Waals surface area (Å²) >= 11 is 5.82. The number of carbonyl (C=O) groups excluding carboxylic acids is 2. The Morgan fingerprint density at radius 1 is 1.20 bits per heavy atom. The molecular weight excluding hydrogens is 432 g/mol. The van der Waals surface area contributed by atoms with Crippen molar-refractivity contribution in [3.8, 4) is 5.75 Å². The molecule has 30 heavy (non-hydrogen) atoms. The summed E-state index contributed by atoms with van der Waals surface area (Å²) in [6.45, 7) is -0.331. The Labute approximate surface area is 179 Å². The maximum Gasteiger partial charge on any atom is 0.324 e. The Balaban J connectivity index is 1.61. The van der Waals surface area contributed by atoms with E-state index in [0.717, 1.165) is 4.31 Å². The van der Waals surface area contributed by atoms with Gasteiger partial charge in [-0.1, -0.05) is 17.7 Å². The Hall–Kier alpha value is -2.62. The van der Waals surface area contributed by atoms with E-state index in [1.807, 2.05) is 0 Å². The van der Waals surface area contributed by atoms with E-state index in [1.165, 1.54) is 31.4 Å². The highest BCUT2D eigenvalue weighted by Crippen LogP contribution is 2.27. The van der Waals surface area contributed by atoms with Gasteiger partial charge in [0.2, 0.25) is 10.0 Å². The van der Waals surface area contributed by atoms with E-state index in [-0.39, 0.29) is 11.4 Å². The molecule has 2 aromatic rings. The van der Waals surface area contributed by atoms with Crippen LogP contribution in [0.5, 0.6) is 5.75 Å². The predicted octanol–water partition coefficient (Wildman–Crippen LogP) is 2.68. The third-order valence-corrected chi connectivity index (χ3v) is 6.77. The Morgan fingerprint density at radius 3 is 2.63 bits per heavy atom. The van der Waals surface area contributed by atoms with Gasteiger partial charge in [0, 0.05) is 23.3 Å². The lowest BCUT2D eigenvalue weighted by atomic mass is 10.2. The molecule has 3 rings (SSSR count). The van der Waals surface area contributed by atoms with Crippen LogP contribution < -0.4 is 10.1 Å². The number of carbonyl (C=O) groups is 2. The number of hydrogen-bond acceptors (Lipinski definition) is 6. The number of esters is 1. The fraction of sp³-hybridized carbons (Fsp3) is 0.300. The SMILES string of the molecule is COc1cccc(NC(=O)COC(=O)[C@@H]2CCCN2S(=O)(=O)c2ccc(Cl)cc2)c1. The highest BCUT2D eigenvalue weighted by atomic mass is 35.5. The molecule has 1 aliphatic heterocycles. The summed E-state index contributed by atoms with van der Waals surface area (Å²) in [4.78, 5) is 24.6. The van der Waals surface area contributed by atoms with Crippen molar-refractivity contribution in [3.05, 3.63) is 53.6 Å². The topological polar surface area (TPSA) is 102 Å². The maximum atomic E-state index is 12.9. The average molecular weight is 453 g/mol. The lowest BCUT2D eigenvalue weighted by molar-refractivity contribution is -0.150. The number of hydrogen-bond donors (Lipinski definition) is 1. The second kappa shape index (κ2) is 9.46. The first kappa shape index (κ1) is 22.1. The van der Waals surface area contributed by atoms with E-state index in [4.69, 9.17) is 21.1 Å². The van der Waals surface area contributed by atoms with Gasteiger partial charge < -0.3 is 14.8 Å². The molecule has 0 radical (unpaired) electrons. The van der Waals surface area contributed by atoms with Gasteiger partial charge in [-0.15, -0.1) is 0 Å². The standard InChI is InChI=1S/C20H21ClN2O6S/c1-28-16-5-2-4-15(12-16)22-19(24)13-29-20(25)18-6-3-11-23(18)30(26,27)17-9-7-14(21)8-10-17/h2,4-5,7-10,12,18H,3,6,11,13H2,1H3,(H,22,24)/t18-/m0/s1. The molecule has 0 bridgehead atoms. The van der Waals surface area contributed by atoms with Gasteiger partial charge in [0.25, 0.3) is 5.91 Å². The number of nitrogens with zero attached hydrogens (tertiary/aromatic N) is 1. The van der Waals surface area contributed by atoms with Gasteiger partial charge in [0.05, 0.1) is 12.0 Å². The van der Waals surface area contributed by atoms with Crippen molar-refractivity contribution in [2.24, 2.45) is 0 Å². The molecule has 0 unspecified atom stereocenters. The zero-order valence-corrected chi connectivity index (χ0v) is 17.8. The summed E-state index contributed by atoms with van der Waals surface area (Å²) in [7, 11) is -2.38. The van der Waals surface area contributed by atoms with Gasteiger partial charge in [-0.05, 0) is 49.2 Å². The van der Waals surface area contributed by atoms with Crippen molar-refractivity contribution in [2.45, 2.75) is 23.8 Å². The number of sulfonamides is 1. The molecule has 1 aliphatic rings. The maximum absolute atomic E-state index is 12.9. The summed E-state index contributed by atoms with van der Waals surface area (Å²) in [5, 5.41) is 3.01. The number of rotatable bonds is 7. The van der Waals surface area contributed by atoms with Crippen LogP contribution in [0.2, 0.25) is 5.02 Å². The molecule has 10 heteroatoms. The largest absolute Gasteiger partial charge is 0.497 e. The normalized spacial score (nSPS) is 16.8. The van der Waals surface area contributed by atoms with Crippen molar-refractivity contribution >= 4 is 39.2 Å². The lowest BCUT2D eigenvalue weighted by Crippen LogP contribution is -2.42. The smallest absolute Gasteiger partial charge is 0.324 e. The number of halogens is 1. The third-order valence-electron chi connectivity index (χ3n) is 4.60. The Morgan fingerprint density at radius 2 is 1.93 bits per heavy atom. The molecule has 1 atom stereocenters. The lowest BCUT2D eigenvalue weighted by Gasteiger charge is -2.22. The second-order valence-electron chi connectivity index (χ2n) is 6.62. The van der Waals surface area contributed by atoms with E-state index >= 15 is 0 Å². The summed E-state index contributed by atoms with van der Waals surface area (Å²) in [5.74, 6) is -0.730. The van der Waals surface area contributed by atoms with Crippen molar-refractivity contribution in [1.82, 2.24) is 4.31 Å². The molecule has 0 spiro atoms. The Bertz CT molecular complexity index is 1030. The molecule has 8 nitrogen and oxygen atoms in total. The van der Waals surface area contributed by atoms with E-state index in [9.17, 15) is 18.0 Å². The van der Waals surface area contributed by atoms with Crippen LogP contribution in [0, 0.1) is 0 Å². The van der Waals surface area contributed by atoms with Crippen molar-refractivity contribution in [1.29, 1.82) is 0 Å². The summed E-state index contributed by atoms with van der Waals surface area (Å²) in [6, 6.07) is 11.5. The van der Waals surface area contributed by atoms with Gasteiger partial charge in [0.15, 0.2) is 6.61 Å². The Kier molecular flexibility index (Phi) is 6.96. The number of methoxy groups -OCH3 is 1. The molecule has 0 saturated carbocycles. The monoisotopic (exact) mass is 452 g/mol. The minimum absolute atomic E-state index is 0.0439. The van der Waals surface area contributed by atoms with Crippen molar-refractivity contribution in [3.63, 3.8) is 0 Å². The average Bonchev–Trinajstić information content (AvgIpc) is 3.23. The van der Waals surface area contributed by atoms with Crippen molar-refractivity contribution in [2.75, 3.05) is 25.6 Å². The van der Waals surface area contributed by atoms with Crippen molar-refractivity contribution < 1.29 is 27.5 Å². The molecule has 160 valence electrons. The van der Waals surface area contributed by atoms with E-state index in [0.29, 0.717) is 29.3 Å². The van der Waals surface area contributed by atoms with E-state index < -0.39 is 34.5 Å². The fourth-order valence-corrected chi connectivity index (χ4v) is 4.91. The number of anilines is 1. The minimum atomic E-state index is -3.89. The van der Waals surface area contributed by atoms with Gasteiger partial charge in [0.1, 0.15) is 11.8 Å². The molecule has 1 amide bonds. The first-order valence-electron chi connectivity index (χ1n) is 9.19. The highest BCUT2D eigenvalue weighted by molar-refractivity contribution is 7.89. The first-order valence-corrected chi connectivity index (χ1v) is 11.0. The molecular formula is C20H21ClN2O6S. The molecule has 0 aromatic heterocycles. The number of amides is 1. The minimum Gasteiger partial charge on any atom is -0.497 e. The number of ether oxygens (including phenoxy) is 2. The van der Waals surface area contributed by atoms with Crippen LogP contribution in [0.3, 0.4) is 0 Å². The summed E-state index contributed by atoms with van der Waals surface area (Å²) in [5.41, 5.74) is 0.489. The quantitative estimate of drug-likeness (QED) is 0.648. The first-order chi connectivity index (χ1) is 14.3. The van der Waals surface area contributed by atoms with Crippen LogP contribution in [-0.2, 0) is 24.3 Å². The van der Waals surface area contributed by atoms with Gasteiger partial charge in [-0.3, -0.25) is 9.59 Å². The summed E-state index contributed by atoms with van der Waals surface area (Å²) in [6.07, 6.45) is 0.839. The third kappa shape index (κ3) is 5.10. The van der Waals surface area contributed by atoms with Crippen LogP contribution in [0.15, 0.2) is 53.4 Å². The molecule has 1 saturated heterocycles. The molecule has 1 heterocycles. The highest BCUT2D eigenvalue weighted by Gasteiger charge is 2.40. The predicted molar refractivity (Wildman–Crippen MR) is 111 cm³/mol. The zero-order chi connectivity index (χ0) is 21.7. The molecule has 1 fully saturated rings. The van der Waals surface area contributed by atoms with Crippen LogP contribution >= 0.6 is 11.6 Å². The molecule has 2 aromatic carbocycles. The molecule has 1 N–H and O–H groups in total. The fourth-order valence-electron chi connectivity index (χ4n) is 3.14. The van der Waals surface area contributed by atoms with E-state index in [1.54, 1.807) is 24.3 Å². The zero-order valence-electron chi connectivity index (χ0n) is 16.2. The van der Waals surface area contributed by atoms with Gasteiger partial charge in [-0.2, -0.15) is 4.31 Å². The van der Waals surface area contributed by atoms with Crippen LogP contribution in [0.1, 0.15) is 12.8 Å². The van der Waals surface area contributed by atoms with Gasteiger partial charge in [-0.25, -0.2) is 8.42 Å². The van der Waals surface area contributed by atoms with Crippen LogP contribution in [-0.4, -0.2) is 50.9 Å².